The van der Waals surface area contributed by atoms with Crippen molar-refractivity contribution < 1.29 is 5.11 Å². The van der Waals surface area contributed by atoms with Crippen LogP contribution in [0.1, 0.15) is 5.69 Å². The minimum atomic E-state index is -0.0822. The van der Waals surface area contributed by atoms with Crippen molar-refractivity contribution in [1.29, 1.82) is 0 Å². The number of anilines is 1. The van der Waals surface area contributed by atoms with Gasteiger partial charge in [-0.1, -0.05) is 23.1 Å². The van der Waals surface area contributed by atoms with Gasteiger partial charge in [-0.25, -0.2) is 4.98 Å². The van der Waals surface area contributed by atoms with Crippen LogP contribution >= 0.6 is 47.9 Å². The van der Waals surface area contributed by atoms with E-state index in [2.05, 4.69) is 9.97 Å². The van der Waals surface area contributed by atoms with Crippen LogP contribution in [0.2, 0.25) is 0 Å². The molecule has 0 spiro atoms. The van der Waals surface area contributed by atoms with Gasteiger partial charge < -0.3 is 10.8 Å². The van der Waals surface area contributed by atoms with Gasteiger partial charge in [0.1, 0.15) is 0 Å². The van der Waals surface area contributed by atoms with Gasteiger partial charge in [-0.2, -0.15) is 0 Å². The van der Waals surface area contributed by atoms with Gasteiger partial charge in [-0.05, 0) is 12.1 Å². The Labute approximate surface area is 119 Å². The molecule has 0 amide bonds. The molecule has 3 N–H and O–H groups in total. The molecule has 0 aromatic carbocycles. The summed E-state index contributed by atoms with van der Waals surface area (Å²) < 4.78 is 0.932. The van der Waals surface area contributed by atoms with Gasteiger partial charge in [0.05, 0.1) is 16.5 Å². The number of nitrogen functional groups attached to an aromatic ring is 1. The molecule has 2 heterocycles. The number of nitrogens with two attached hydrogens (primary N) is 1. The summed E-state index contributed by atoms with van der Waals surface area (Å²) in [5.41, 5.74) is 6.22. The van der Waals surface area contributed by atoms with Gasteiger partial charge >= 0.3 is 0 Å². The van der Waals surface area contributed by atoms with Crippen molar-refractivity contribution >= 4 is 53.0 Å². The Morgan fingerprint density at radius 1 is 1.29 bits per heavy atom. The molecule has 0 radical (unpaired) electrons. The molecule has 0 unspecified atom stereocenters. The first kappa shape index (κ1) is 16.5. The predicted molar refractivity (Wildman–Crippen MR) is 75.3 cm³/mol. The molecule has 2 aromatic rings. The van der Waals surface area contributed by atoms with Crippen LogP contribution in [-0.2, 0) is 6.61 Å². The number of hydrogen-bond donors (Lipinski definition) is 2. The molecule has 2 rings (SSSR count). The number of aliphatic hydroxyl groups is 1. The lowest BCUT2D eigenvalue weighted by Crippen LogP contribution is -1.87. The normalized spacial score (nSPS) is 9.24. The summed E-state index contributed by atoms with van der Waals surface area (Å²) in [5, 5.41) is 9.55. The fourth-order valence-electron chi connectivity index (χ4n) is 1.05. The SMILES string of the molecule is Cl.Cl.Nc1nc(CO)c(Sc2ccncc2)s1. The highest BCUT2D eigenvalue weighted by molar-refractivity contribution is 8.01. The van der Waals surface area contributed by atoms with Crippen LogP contribution in [0, 0.1) is 0 Å². The highest BCUT2D eigenvalue weighted by atomic mass is 35.5. The third-order valence-electron chi connectivity index (χ3n) is 1.69. The zero-order chi connectivity index (χ0) is 10.7. The van der Waals surface area contributed by atoms with E-state index in [9.17, 15) is 0 Å². The van der Waals surface area contributed by atoms with Gasteiger partial charge in [-0.15, -0.1) is 24.8 Å². The second-order valence-corrected chi connectivity index (χ2v) is 5.10. The summed E-state index contributed by atoms with van der Waals surface area (Å²) in [6, 6.07) is 3.81. The van der Waals surface area contributed by atoms with Crippen molar-refractivity contribution in [2.45, 2.75) is 15.7 Å². The van der Waals surface area contributed by atoms with Crippen molar-refractivity contribution in [3.63, 3.8) is 0 Å². The molecule has 0 saturated heterocycles. The van der Waals surface area contributed by atoms with Crippen LogP contribution in [-0.4, -0.2) is 15.1 Å². The second-order valence-electron chi connectivity index (χ2n) is 2.73. The Morgan fingerprint density at radius 2 is 1.94 bits per heavy atom. The maximum atomic E-state index is 9.07. The Hall–Kier alpha value is -0.530. The van der Waals surface area contributed by atoms with Gasteiger partial charge in [-0.3, -0.25) is 4.98 Å². The number of pyridine rings is 1. The summed E-state index contributed by atoms with van der Waals surface area (Å²) in [7, 11) is 0. The average Bonchev–Trinajstić information content (AvgIpc) is 2.60. The maximum absolute atomic E-state index is 9.07. The Bertz CT molecular complexity index is 453. The number of halogens is 2. The number of rotatable bonds is 3. The summed E-state index contributed by atoms with van der Waals surface area (Å²) in [6.45, 7) is -0.0822. The first-order valence-electron chi connectivity index (χ1n) is 4.23. The van der Waals surface area contributed by atoms with E-state index < -0.39 is 0 Å². The molecule has 0 fully saturated rings. The zero-order valence-corrected chi connectivity index (χ0v) is 11.8. The number of aliphatic hydroxyl groups excluding tert-OH is 1. The highest BCUT2D eigenvalue weighted by Crippen LogP contribution is 2.35. The van der Waals surface area contributed by atoms with Crippen molar-refractivity contribution in [2.75, 3.05) is 5.73 Å². The van der Waals surface area contributed by atoms with Crippen molar-refractivity contribution in [3.8, 4) is 0 Å². The molecule has 0 saturated carbocycles. The topological polar surface area (TPSA) is 72.0 Å². The molecule has 17 heavy (non-hydrogen) atoms. The first-order valence-corrected chi connectivity index (χ1v) is 5.87. The zero-order valence-electron chi connectivity index (χ0n) is 8.57. The Morgan fingerprint density at radius 3 is 2.53 bits per heavy atom. The minimum absolute atomic E-state index is 0. The standard InChI is InChI=1S/C9H9N3OS2.2ClH/c10-9-12-7(5-13)8(15-9)14-6-1-3-11-4-2-6;;/h1-4,13H,5H2,(H2,10,12);2*1H. The third kappa shape index (κ3) is 4.33. The molecular weight excluding hydrogens is 301 g/mol. The summed E-state index contributed by atoms with van der Waals surface area (Å²) >= 11 is 2.92. The lowest BCUT2D eigenvalue weighted by Gasteiger charge is -1.98. The van der Waals surface area contributed by atoms with Gasteiger partial charge in [0.25, 0.3) is 0 Å². The molecule has 0 aliphatic heterocycles. The van der Waals surface area contributed by atoms with Crippen LogP contribution in [0.4, 0.5) is 5.13 Å². The summed E-state index contributed by atoms with van der Waals surface area (Å²) in [5.74, 6) is 0. The van der Waals surface area contributed by atoms with E-state index in [1.165, 1.54) is 23.1 Å². The van der Waals surface area contributed by atoms with E-state index in [1.54, 1.807) is 12.4 Å². The average molecular weight is 312 g/mol. The highest BCUT2D eigenvalue weighted by Gasteiger charge is 2.09. The molecule has 2 aromatic heterocycles. The third-order valence-corrected chi connectivity index (χ3v) is 3.84. The lowest BCUT2D eigenvalue weighted by molar-refractivity contribution is 0.275. The van der Waals surface area contributed by atoms with E-state index in [0.29, 0.717) is 10.8 Å². The van der Waals surface area contributed by atoms with Crippen molar-refractivity contribution in [3.05, 3.63) is 30.2 Å². The Kier molecular flexibility index (Phi) is 7.49. The smallest absolute Gasteiger partial charge is 0.181 e. The number of thiazole rings is 1. The van der Waals surface area contributed by atoms with Crippen LogP contribution in [0.5, 0.6) is 0 Å². The summed E-state index contributed by atoms with van der Waals surface area (Å²) in [4.78, 5) is 9.03. The molecule has 8 heteroatoms. The fraction of sp³-hybridized carbons (Fsp3) is 0.111. The van der Waals surface area contributed by atoms with E-state index >= 15 is 0 Å². The Balaban J connectivity index is 0.00000128. The maximum Gasteiger partial charge on any atom is 0.181 e. The minimum Gasteiger partial charge on any atom is -0.390 e. The van der Waals surface area contributed by atoms with E-state index in [1.807, 2.05) is 12.1 Å². The van der Waals surface area contributed by atoms with Crippen LogP contribution in [0.15, 0.2) is 33.6 Å². The monoisotopic (exact) mass is 311 g/mol. The quantitative estimate of drug-likeness (QED) is 0.911. The van der Waals surface area contributed by atoms with E-state index in [-0.39, 0.29) is 31.4 Å². The molecule has 4 nitrogen and oxygen atoms in total. The molecule has 0 aliphatic rings. The lowest BCUT2D eigenvalue weighted by atomic mass is 10.5. The molecule has 0 aliphatic carbocycles. The van der Waals surface area contributed by atoms with Crippen LogP contribution in [0.3, 0.4) is 0 Å². The van der Waals surface area contributed by atoms with Crippen molar-refractivity contribution in [2.24, 2.45) is 0 Å². The summed E-state index contributed by atoms with van der Waals surface area (Å²) in [6.07, 6.45) is 3.46. The largest absolute Gasteiger partial charge is 0.390 e. The molecule has 0 bridgehead atoms. The first-order chi connectivity index (χ1) is 7.29. The van der Waals surface area contributed by atoms with Gasteiger partial charge in [0, 0.05) is 17.3 Å². The van der Waals surface area contributed by atoms with Crippen molar-refractivity contribution in [1.82, 2.24) is 9.97 Å². The number of nitrogens with zero attached hydrogens (tertiary/aromatic N) is 2. The van der Waals surface area contributed by atoms with Gasteiger partial charge in [0.2, 0.25) is 0 Å². The second kappa shape index (κ2) is 7.73. The van der Waals surface area contributed by atoms with Crippen LogP contribution in [0.25, 0.3) is 0 Å². The fourth-order valence-corrected chi connectivity index (χ4v) is 3.03. The molecular formula is C9H11Cl2N3OS2. The molecule has 0 atom stereocenters. The van der Waals surface area contributed by atoms with Crippen LogP contribution < -0.4 is 5.73 Å². The van der Waals surface area contributed by atoms with E-state index in [0.717, 1.165) is 9.10 Å². The van der Waals surface area contributed by atoms with Gasteiger partial charge in [0.15, 0.2) is 5.13 Å². The number of aromatic nitrogens is 2. The molecule has 94 valence electrons. The number of hydrogen-bond acceptors (Lipinski definition) is 6. The predicted octanol–water partition coefficient (Wildman–Crippen LogP) is 2.61. The van der Waals surface area contributed by atoms with E-state index in [4.69, 9.17) is 10.8 Å².